The minimum Gasteiger partial charge on any atom is -0.454 e. The van der Waals surface area contributed by atoms with Crippen molar-refractivity contribution in [1.82, 2.24) is 0 Å². The number of fused-ring (bicyclic) bond motifs is 1. The molecule has 0 bridgehead atoms. The molecule has 4 rings (SSSR count). The maximum atomic E-state index is 12.5. The van der Waals surface area contributed by atoms with Crippen LogP contribution >= 0.6 is 0 Å². The van der Waals surface area contributed by atoms with Gasteiger partial charge in [-0.25, -0.2) is 0 Å². The highest BCUT2D eigenvalue weighted by atomic mass is 16.7. The van der Waals surface area contributed by atoms with Gasteiger partial charge in [0, 0.05) is 29.5 Å². The number of amides is 1. The van der Waals surface area contributed by atoms with E-state index in [9.17, 15) is 4.79 Å². The number of ether oxygens (including phenoxy) is 3. The van der Waals surface area contributed by atoms with Crippen LogP contribution in [0.2, 0.25) is 0 Å². The molecule has 2 atom stereocenters. The molecule has 2 heterocycles. The van der Waals surface area contributed by atoms with Crippen LogP contribution in [-0.4, -0.2) is 38.0 Å². The fraction of sp³-hybridized carbons (Fsp3) is 0.350. The molecule has 1 saturated heterocycles. The predicted molar refractivity (Wildman–Crippen MR) is 99.2 cm³/mol. The molecular formula is C20H22N2O4. The molecule has 2 aliphatic rings. The van der Waals surface area contributed by atoms with Crippen molar-refractivity contribution in [3.63, 3.8) is 0 Å². The molecule has 0 radical (unpaired) electrons. The molecule has 2 aromatic rings. The lowest BCUT2D eigenvalue weighted by Crippen LogP contribution is -2.47. The number of nitrogens with one attached hydrogen (secondary N) is 1. The molecule has 0 aromatic heterocycles. The number of anilines is 2. The molecule has 136 valence electrons. The van der Waals surface area contributed by atoms with Crippen LogP contribution in [0.1, 0.15) is 24.2 Å². The fourth-order valence-corrected chi connectivity index (χ4v) is 3.24. The lowest BCUT2D eigenvalue weighted by atomic mass is 10.1. The molecule has 0 saturated carbocycles. The molecule has 0 aliphatic carbocycles. The lowest BCUT2D eigenvalue weighted by Gasteiger charge is -2.38. The summed E-state index contributed by atoms with van der Waals surface area (Å²) >= 11 is 0. The molecule has 1 amide bonds. The van der Waals surface area contributed by atoms with Crippen LogP contribution in [0.5, 0.6) is 11.5 Å². The summed E-state index contributed by atoms with van der Waals surface area (Å²) in [6.45, 7) is 6.02. The first-order valence-electron chi connectivity index (χ1n) is 8.79. The van der Waals surface area contributed by atoms with Crippen LogP contribution in [0.25, 0.3) is 0 Å². The van der Waals surface area contributed by atoms with E-state index in [-0.39, 0.29) is 18.8 Å². The number of nitrogens with zero attached hydrogens (tertiary/aromatic N) is 1. The van der Waals surface area contributed by atoms with Crippen molar-refractivity contribution in [2.45, 2.75) is 26.0 Å². The summed E-state index contributed by atoms with van der Waals surface area (Å²) in [5.74, 6) is 1.09. The minimum atomic E-state index is -0.176. The second kappa shape index (κ2) is 6.88. The molecular weight excluding hydrogens is 332 g/mol. The van der Waals surface area contributed by atoms with Crippen LogP contribution in [0.3, 0.4) is 0 Å². The third-order valence-corrected chi connectivity index (χ3v) is 4.70. The van der Waals surface area contributed by atoms with E-state index < -0.39 is 0 Å². The summed E-state index contributed by atoms with van der Waals surface area (Å²) in [5, 5.41) is 2.92. The Morgan fingerprint density at radius 1 is 1.08 bits per heavy atom. The van der Waals surface area contributed by atoms with E-state index >= 15 is 0 Å². The standard InChI is InChI=1S/C20H22N2O4/c1-13-11-24-14(2)10-22(13)17-6-4-16(5-7-17)21-20(23)15-3-8-18-19(9-15)26-12-25-18/h3-9,13-14H,10-12H2,1-2H3,(H,21,23). The van der Waals surface area contributed by atoms with E-state index in [1.165, 1.54) is 0 Å². The van der Waals surface area contributed by atoms with E-state index in [0.717, 1.165) is 24.5 Å². The predicted octanol–water partition coefficient (Wildman–Crippen LogP) is 3.28. The second-order valence-electron chi connectivity index (χ2n) is 6.71. The maximum Gasteiger partial charge on any atom is 0.255 e. The Bertz CT molecular complexity index is 806. The number of benzene rings is 2. The highest BCUT2D eigenvalue weighted by Gasteiger charge is 2.23. The monoisotopic (exact) mass is 354 g/mol. The van der Waals surface area contributed by atoms with Crippen molar-refractivity contribution in [2.75, 3.05) is 30.2 Å². The molecule has 1 fully saturated rings. The number of hydrogen-bond donors (Lipinski definition) is 1. The van der Waals surface area contributed by atoms with Crippen molar-refractivity contribution in [3.8, 4) is 11.5 Å². The first-order valence-corrected chi connectivity index (χ1v) is 8.79. The first kappa shape index (κ1) is 16.7. The van der Waals surface area contributed by atoms with Crippen LogP contribution in [0, 0.1) is 0 Å². The molecule has 26 heavy (non-hydrogen) atoms. The third kappa shape index (κ3) is 3.32. The Morgan fingerprint density at radius 3 is 2.65 bits per heavy atom. The molecule has 0 spiro atoms. The average molecular weight is 354 g/mol. The highest BCUT2D eigenvalue weighted by molar-refractivity contribution is 6.04. The van der Waals surface area contributed by atoms with E-state index in [1.54, 1.807) is 18.2 Å². The Labute approximate surface area is 152 Å². The number of rotatable bonds is 3. The Kier molecular flexibility index (Phi) is 4.42. The van der Waals surface area contributed by atoms with Gasteiger partial charge in [-0.1, -0.05) is 0 Å². The Morgan fingerprint density at radius 2 is 1.85 bits per heavy atom. The van der Waals surface area contributed by atoms with Gasteiger partial charge in [0.05, 0.1) is 12.7 Å². The normalized spacial score (nSPS) is 21.5. The smallest absolute Gasteiger partial charge is 0.255 e. The summed E-state index contributed by atoms with van der Waals surface area (Å²) < 4.78 is 16.3. The zero-order valence-corrected chi connectivity index (χ0v) is 14.9. The zero-order valence-electron chi connectivity index (χ0n) is 14.9. The Balaban J connectivity index is 1.45. The Hall–Kier alpha value is -2.73. The van der Waals surface area contributed by atoms with Gasteiger partial charge in [0.15, 0.2) is 11.5 Å². The van der Waals surface area contributed by atoms with Gasteiger partial charge in [-0.05, 0) is 56.3 Å². The second-order valence-corrected chi connectivity index (χ2v) is 6.71. The van der Waals surface area contributed by atoms with Crippen LogP contribution < -0.4 is 19.7 Å². The van der Waals surface area contributed by atoms with Crippen molar-refractivity contribution in [1.29, 1.82) is 0 Å². The SMILES string of the molecule is CC1CN(c2ccc(NC(=O)c3ccc4c(c3)OCO4)cc2)C(C)CO1. The highest BCUT2D eigenvalue weighted by Crippen LogP contribution is 2.32. The summed E-state index contributed by atoms with van der Waals surface area (Å²) in [5.41, 5.74) is 2.42. The third-order valence-electron chi connectivity index (χ3n) is 4.70. The number of carbonyl (C=O) groups is 1. The number of hydrogen-bond acceptors (Lipinski definition) is 5. The summed E-state index contributed by atoms with van der Waals surface area (Å²) in [7, 11) is 0. The van der Waals surface area contributed by atoms with E-state index in [1.807, 2.05) is 24.3 Å². The number of carbonyl (C=O) groups excluding carboxylic acids is 1. The van der Waals surface area contributed by atoms with Crippen molar-refractivity contribution in [3.05, 3.63) is 48.0 Å². The molecule has 6 nitrogen and oxygen atoms in total. The van der Waals surface area contributed by atoms with E-state index in [4.69, 9.17) is 14.2 Å². The van der Waals surface area contributed by atoms with Crippen molar-refractivity contribution < 1.29 is 19.0 Å². The first-order chi connectivity index (χ1) is 12.6. The molecule has 2 unspecified atom stereocenters. The van der Waals surface area contributed by atoms with Crippen LogP contribution in [0.15, 0.2) is 42.5 Å². The van der Waals surface area contributed by atoms with Gasteiger partial charge in [0.2, 0.25) is 6.79 Å². The molecule has 1 N–H and O–H groups in total. The van der Waals surface area contributed by atoms with Gasteiger partial charge in [0.1, 0.15) is 0 Å². The van der Waals surface area contributed by atoms with Gasteiger partial charge in [-0.2, -0.15) is 0 Å². The van der Waals surface area contributed by atoms with Gasteiger partial charge in [-0.15, -0.1) is 0 Å². The number of morpholine rings is 1. The quantitative estimate of drug-likeness (QED) is 0.917. The average Bonchev–Trinajstić information content (AvgIpc) is 3.12. The van der Waals surface area contributed by atoms with Gasteiger partial charge >= 0.3 is 0 Å². The topological polar surface area (TPSA) is 60.0 Å². The van der Waals surface area contributed by atoms with Gasteiger partial charge in [0.25, 0.3) is 5.91 Å². The van der Waals surface area contributed by atoms with Crippen molar-refractivity contribution in [2.24, 2.45) is 0 Å². The van der Waals surface area contributed by atoms with E-state index in [0.29, 0.717) is 23.1 Å². The van der Waals surface area contributed by atoms with Gasteiger partial charge in [-0.3, -0.25) is 4.79 Å². The molecule has 2 aromatic carbocycles. The summed E-state index contributed by atoms with van der Waals surface area (Å²) in [4.78, 5) is 14.8. The minimum absolute atomic E-state index is 0.176. The lowest BCUT2D eigenvalue weighted by molar-refractivity contribution is 0.0344. The van der Waals surface area contributed by atoms with Crippen LogP contribution in [-0.2, 0) is 4.74 Å². The molecule has 2 aliphatic heterocycles. The largest absolute Gasteiger partial charge is 0.454 e. The van der Waals surface area contributed by atoms with Gasteiger partial charge < -0.3 is 24.4 Å². The summed E-state index contributed by atoms with van der Waals surface area (Å²) in [6, 6.07) is 13.4. The summed E-state index contributed by atoms with van der Waals surface area (Å²) in [6.07, 6.45) is 0.219. The van der Waals surface area contributed by atoms with Crippen LogP contribution in [0.4, 0.5) is 11.4 Å². The molecule has 6 heteroatoms. The maximum absolute atomic E-state index is 12.5. The van der Waals surface area contributed by atoms with Crippen molar-refractivity contribution >= 4 is 17.3 Å². The fourth-order valence-electron chi connectivity index (χ4n) is 3.24. The van der Waals surface area contributed by atoms with E-state index in [2.05, 4.69) is 24.1 Å². The zero-order chi connectivity index (χ0) is 18.1.